The first-order valence-corrected chi connectivity index (χ1v) is 4.91. The molecule has 1 N–H and O–H groups in total. The van der Waals surface area contributed by atoms with Crippen LogP contribution in [0.1, 0.15) is 12.6 Å². The van der Waals surface area contributed by atoms with Crippen LogP contribution in [-0.4, -0.2) is 29.0 Å². The molecule has 1 unspecified atom stereocenters. The predicted octanol–water partition coefficient (Wildman–Crippen LogP) is 1.83. The van der Waals surface area contributed by atoms with E-state index in [-0.39, 0.29) is 6.04 Å². The maximum Gasteiger partial charge on any atom is 0.226 e. The Bertz CT molecular complexity index is 306. The number of anilines is 1. The van der Waals surface area contributed by atoms with E-state index in [1.54, 1.807) is 13.2 Å². The van der Waals surface area contributed by atoms with Crippen molar-refractivity contribution in [2.75, 3.05) is 18.3 Å². The third-order valence-electron chi connectivity index (χ3n) is 1.65. The molecule has 0 aliphatic carbocycles. The van der Waals surface area contributed by atoms with Crippen molar-refractivity contribution in [1.82, 2.24) is 9.97 Å². The van der Waals surface area contributed by atoms with E-state index in [4.69, 9.17) is 16.3 Å². The Morgan fingerprint density at radius 3 is 2.86 bits per heavy atom. The van der Waals surface area contributed by atoms with E-state index in [9.17, 15) is 0 Å². The molecule has 0 saturated heterocycles. The highest BCUT2D eigenvalue weighted by atomic mass is 35.5. The molecular weight excluding hydrogens is 202 g/mol. The van der Waals surface area contributed by atoms with Crippen LogP contribution < -0.4 is 10.1 Å². The Morgan fingerprint density at radius 2 is 2.29 bits per heavy atom. The summed E-state index contributed by atoms with van der Waals surface area (Å²) in [6.45, 7) is 3.85. The molecule has 0 radical (unpaired) electrons. The van der Waals surface area contributed by atoms with Gasteiger partial charge in [0.15, 0.2) is 0 Å². The largest absolute Gasteiger partial charge is 0.481 e. The number of hydrogen-bond acceptors (Lipinski definition) is 4. The molecule has 0 saturated carbocycles. The Balaban J connectivity index is 2.81. The lowest BCUT2D eigenvalue weighted by atomic mass is 10.4. The van der Waals surface area contributed by atoms with Crippen molar-refractivity contribution in [2.24, 2.45) is 0 Å². The van der Waals surface area contributed by atoms with Gasteiger partial charge in [0.05, 0.1) is 7.11 Å². The quantitative estimate of drug-likeness (QED) is 0.779. The van der Waals surface area contributed by atoms with Gasteiger partial charge in [-0.15, -0.1) is 11.6 Å². The predicted molar refractivity (Wildman–Crippen MR) is 57.1 cm³/mol. The lowest BCUT2D eigenvalue weighted by Gasteiger charge is -2.11. The maximum absolute atomic E-state index is 5.67. The summed E-state index contributed by atoms with van der Waals surface area (Å²) >= 11 is 5.67. The average molecular weight is 216 g/mol. The van der Waals surface area contributed by atoms with Crippen molar-refractivity contribution in [3.8, 4) is 5.88 Å². The Hall–Kier alpha value is -1.03. The Labute approximate surface area is 88.7 Å². The van der Waals surface area contributed by atoms with Crippen LogP contribution in [-0.2, 0) is 0 Å². The zero-order valence-corrected chi connectivity index (χ0v) is 9.30. The summed E-state index contributed by atoms with van der Waals surface area (Å²) in [6, 6.07) is 1.92. The number of ether oxygens (including phenoxy) is 1. The van der Waals surface area contributed by atoms with Crippen LogP contribution >= 0.6 is 11.6 Å². The minimum atomic E-state index is 0.142. The molecule has 0 fully saturated rings. The fourth-order valence-electron chi connectivity index (χ4n) is 0.968. The molecule has 4 nitrogen and oxygen atoms in total. The molecule has 1 rings (SSSR count). The highest BCUT2D eigenvalue weighted by Crippen LogP contribution is 2.11. The second-order valence-electron chi connectivity index (χ2n) is 3.07. The molecule has 1 heterocycles. The molecule has 1 atom stereocenters. The summed E-state index contributed by atoms with van der Waals surface area (Å²) in [7, 11) is 1.58. The standard InChI is InChI=1S/C9H14ClN3O/c1-6-4-8(14-3)13-9(11-6)12-7(2)5-10/h4,7H,5H2,1-3H3,(H,11,12,13). The van der Waals surface area contributed by atoms with Crippen LogP contribution in [0.2, 0.25) is 0 Å². The van der Waals surface area contributed by atoms with Crippen LogP contribution in [0.4, 0.5) is 5.95 Å². The minimum absolute atomic E-state index is 0.142. The van der Waals surface area contributed by atoms with E-state index in [2.05, 4.69) is 15.3 Å². The number of nitrogens with zero attached hydrogens (tertiary/aromatic N) is 2. The van der Waals surface area contributed by atoms with Gasteiger partial charge in [-0.25, -0.2) is 4.98 Å². The summed E-state index contributed by atoms with van der Waals surface area (Å²) in [6.07, 6.45) is 0. The number of alkyl halides is 1. The van der Waals surface area contributed by atoms with Crippen LogP contribution in [0.5, 0.6) is 5.88 Å². The fraction of sp³-hybridized carbons (Fsp3) is 0.556. The SMILES string of the molecule is COc1cc(C)nc(NC(C)CCl)n1. The number of methoxy groups -OCH3 is 1. The Morgan fingerprint density at radius 1 is 1.57 bits per heavy atom. The number of aromatic nitrogens is 2. The van der Waals surface area contributed by atoms with E-state index in [0.717, 1.165) is 5.69 Å². The van der Waals surface area contributed by atoms with Crippen molar-refractivity contribution in [2.45, 2.75) is 19.9 Å². The third kappa shape index (κ3) is 3.03. The number of halogens is 1. The van der Waals surface area contributed by atoms with E-state index in [0.29, 0.717) is 17.7 Å². The van der Waals surface area contributed by atoms with Crippen molar-refractivity contribution < 1.29 is 4.74 Å². The van der Waals surface area contributed by atoms with E-state index in [1.165, 1.54) is 0 Å². The monoisotopic (exact) mass is 215 g/mol. The van der Waals surface area contributed by atoms with Gasteiger partial charge in [0.25, 0.3) is 0 Å². The normalized spacial score (nSPS) is 12.3. The molecule has 5 heteroatoms. The maximum atomic E-state index is 5.67. The lowest BCUT2D eigenvalue weighted by molar-refractivity contribution is 0.397. The molecule has 0 spiro atoms. The topological polar surface area (TPSA) is 47.0 Å². The highest BCUT2D eigenvalue weighted by molar-refractivity contribution is 6.18. The smallest absolute Gasteiger partial charge is 0.226 e. The van der Waals surface area contributed by atoms with Gasteiger partial charge in [-0.2, -0.15) is 4.98 Å². The fourth-order valence-corrected chi connectivity index (χ4v) is 1.04. The molecule has 0 aromatic carbocycles. The lowest BCUT2D eigenvalue weighted by Crippen LogP contribution is -2.18. The number of rotatable bonds is 4. The zero-order valence-electron chi connectivity index (χ0n) is 8.54. The molecule has 1 aromatic heterocycles. The molecule has 1 aromatic rings. The van der Waals surface area contributed by atoms with Crippen molar-refractivity contribution in [3.63, 3.8) is 0 Å². The number of hydrogen-bond donors (Lipinski definition) is 1. The molecule has 0 bridgehead atoms. The molecule has 14 heavy (non-hydrogen) atoms. The Kier molecular flexibility index (Phi) is 3.95. The second kappa shape index (κ2) is 5.00. The molecule has 0 aliphatic heterocycles. The number of aryl methyl sites for hydroxylation is 1. The van der Waals surface area contributed by atoms with Gasteiger partial charge in [0, 0.05) is 23.7 Å². The van der Waals surface area contributed by atoms with Gasteiger partial charge in [0.2, 0.25) is 11.8 Å². The summed E-state index contributed by atoms with van der Waals surface area (Å²) in [5.74, 6) is 1.62. The highest BCUT2D eigenvalue weighted by Gasteiger charge is 2.05. The van der Waals surface area contributed by atoms with Gasteiger partial charge < -0.3 is 10.1 Å². The van der Waals surface area contributed by atoms with Crippen LogP contribution in [0.3, 0.4) is 0 Å². The summed E-state index contributed by atoms with van der Waals surface area (Å²) < 4.78 is 5.03. The van der Waals surface area contributed by atoms with E-state index < -0.39 is 0 Å². The first-order valence-electron chi connectivity index (χ1n) is 4.38. The van der Waals surface area contributed by atoms with Crippen molar-refractivity contribution in [3.05, 3.63) is 11.8 Å². The zero-order chi connectivity index (χ0) is 10.6. The van der Waals surface area contributed by atoms with Gasteiger partial charge in [-0.1, -0.05) is 0 Å². The van der Waals surface area contributed by atoms with E-state index in [1.807, 2.05) is 13.8 Å². The van der Waals surface area contributed by atoms with Crippen LogP contribution in [0.25, 0.3) is 0 Å². The first kappa shape index (κ1) is 11.0. The molecular formula is C9H14ClN3O. The number of nitrogens with one attached hydrogen (secondary N) is 1. The first-order chi connectivity index (χ1) is 6.65. The summed E-state index contributed by atoms with van der Waals surface area (Å²) in [4.78, 5) is 8.35. The van der Waals surface area contributed by atoms with Gasteiger partial charge >= 0.3 is 0 Å². The minimum Gasteiger partial charge on any atom is -0.481 e. The van der Waals surface area contributed by atoms with Gasteiger partial charge in [-0.05, 0) is 13.8 Å². The molecule has 0 amide bonds. The van der Waals surface area contributed by atoms with Gasteiger partial charge in [0.1, 0.15) is 0 Å². The summed E-state index contributed by atoms with van der Waals surface area (Å²) in [5, 5.41) is 3.07. The molecule has 78 valence electrons. The average Bonchev–Trinajstić information content (AvgIpc) is 2.16. The van der Waals surface area contributed by atoms with E-state index >= 15 is 0 Å². The van der Waals surface area contributed by atoms with Crippen LogP contribution in [0, 0.1) is 6.92 Å². The molecule has 0 aliphatic rings. The van der Waals surface area contributed by atoms with Crippen molar-refractivity contribution >= 4 is 17.5 Å². The third-order valence-corrected chi connectivity index (χ3v) is 2.11. The summed E-state index contributed by atoms with van der Waals surface area (Å²) in [5.41, 5.74) is 0.862. The van der Waals surface area contributed by atoms with Crippen molar-refractivity contribution in [1.29, 1.82) is 0 Å². The van der Waals surface area contributed by atoms with Gasteiger partial charge in [-0.3, -0.25) is 0 Å². The van der Waals surface area contributed by atoms with Crippen LogP contribution in [0.15, 0.2) is 6.07 Å². The second-order valence-corrected chi connectivity index (χ2v) is 3.38.